The smallest absolute Gasteiger partial charge is 0.275 e. The molecule has 0 saturated heterocycles. The summed E-state index contributed by atoms with van der Waals surface area (Å²) in [5, 5.41) is -1.33. The normalized spacial score (nSPS) is 22.8. The van der Waals surface area contributed by atoms with Gasteiger partial charge in [0, 0.05) is 0 Å². The number of benzene rings is 1. The zero-order valence-electron chi connectivity index (χ0n) is 8.37. The summed E-state index contributed by atoms with van der Waals surface area (Å²) < 4.78 is 31.9. The molecule has 0 aromatic heterocycles. The molecular formula is C10H12N2O3S. The van der Waals surface area contributed by atoms with Gasteiger partial charge in [-0.1, -0.05) is 30.3 Å². The predicted octanol–water partition coefficient (Wildman–Crippen LogP) is 0.256. The fourth-order valence-electron chi connectivity index (χ4n) is 1.91. The van der Waals surface area contributed by atoms with Crippen molar-refractivity contribution in [1.82, 2.24) is 0 Å². The maximum atomic E-state index is 11.3. The second-order valence-electron chi connectivity index (χ2n) is 3.86. The Morgan fingerprint density at radius 3 is 2.50 bits per heavy atom. The Hall–Kier alpha value is -1.21. The van der Waals surface area contributed by atoms with Crippen molar-refractivity contribution in [2.75, 3.05) is 0 Å². The third-order valence-electron chi connectivity index (χ3n) is 2.58. The van der Waals surface area contributed by atoms with E-state index in [4.69, 9.17) is 11.5 Å². The molecule has 0 heterocycles. The van der Waals surface area contributed by atoms with Crippen molar-refractivity contribution in [2.45, 2.75) is 10.9 Å². The molecule has 5 N–H and O–H groups in total. The van der Waals surface area contributed by atoms with Crippen LogP contribution in [0.1, 0.15) is 16.4 Å². The van der Waals surface area contributed by atoms with Crippen LogP contribution in [-0.2, 0) is 10.1 Å². The van der Waals surface area contributed by atoms with E-state index >= 15 is 0 Å². The Morgan fingerprint density at radius 1 is 1.25 bits per heavy atom. The minimum Gasteiger partial charge on any atom is -0.309 e. The van der Waals surface area contributed by atoms with Gasteiger partial charge in [-0.15, -0.1) is 0 Å². The van der Waals surface area contributed by atoms with E-state index in [2.05, 4.69) is 0 Å². The lowest BCUT2D eigenvalue weighted by Gasteiger charge is -2.33. The minimum absolute atomic E-state index is 0.414. The molecule has 0 radical (unpaired) electrons. The highest BCUT2D eigenvalue weighted by atomic mass is 32.2. The Bertz CT molecular complexity index is 549. The van der Waals surface area contributed by atoms with Gasteiger partial charge in [-0.3, -0.25) is 4.55 Å². The molecule has 1 aliphatic carbocycles. The van der Waals surface area contributed by atoms with E-state index in [-0.39, 0.29) is 0 Å². The van der Waals surface area contributed by atoms with E-state index in [9.17, 15) is 13.0 Å². The first kappa shape index (κ1) is 11.3. The van der Waals surface area contributed by atoms with Gasteiger partial charge in [0.1, 0.15) is 10.9 Å². The zero-order valence-corrected chi connectivity index (χ0v) is 9.18. The van der Waals surface area contributed by atoms with Crippen molar-refractivity contribution in [1.29, 1.82) is 0 Å². The molecule has 1 atom stereocenters. The fraction of sp³-hybridized carbons (Fsp3) is 0.200. The van der Waals surface area contributed by atoms with Gasteiger partial charge in [0.15, 0.2) is 0 Å². The molecule has 0 amide bonds. The lowest BCUT2D eigenvalue weighted by atomic mass is 9.90. The van der Waals surface area contributed by atoms with Crippen LogP contribution in [0.2, 0.25) is 0 Å². The van der Waals surface area contributed by atoms with Crippen molar-refractivity contribution in [3.8, 4) is 0 Å². The maximum Gasteiger partial charge on any atom is 0.275 e. The van der Waals surface area contributed by atoms with Gasteiger partial charge in [-0.25, -0.2) is 0 Å². The van der Waals surface area contributed by atoms with Gasteiger partial charge in [-0.2, -0.15) is 8.42 Å². The third kappa shape index (κ3) is 1.76. The van der Waals surface area contributed by atoms with Crippen molar-refractivity contribution < 1.29 is 13.0 Å². The molecule has 0 spiro atoms. The van der Waals surface area contributed by atoms with Crippen molar-refractivity contribution in [2.24, 2.45) is 11.5 Å². The number of hydrogen-bond donors (Lipinski definition) is 3. The lowest BCUT2D eigenvalue weighted by molar-refractivity contribution is 0.426. The van der Waals surface area contributed by atoms with Crippen LogP contribution in [0.3, 0.4) is 0 Å². The van der Waals surface area contributed by atoms with Crippen LogP contribution in [0.5, 0.6) is 0 Å². The Labute approximate surface area is 93.5 Å². The quantitative estimate of drug-likeness (QED) is 0.482. The fourth-order valence-corrected chi connectivity index (χ4v) is 3.04. The van der Waals surface area contributed by atoms with E-state index in [1.807, 2.05) is 0 Å². The molecule has 0 saturated carbocycles. The first-order valence-electron chi connectivity index (χ1n) is 4.64. The monoisotopic (exact) mass is 240 g/mol. The summed E-state index contributed by atoms with van der Waals surface area (Å²) in [5.41, 5.74) is 10.9. The molecule has 2 rings (SSSR count). The van der Waals surface area contributed by atoms with Crippen LogP contribution in [-0.4, -0.2) is 18.6 Å². The first-order valence-corrected chi connectivity index (χ1v) is 6.15. The average molecular weight is 240 g/mol. The van der Waals surface area contributed by atoms with E-state index in [0.717, 1.165) is 0 Å². The highest BCUT2D eigenvalue weighted by Gasteiger charge is 2.42. The molecule has 0 fully saturated rings. The molecule has 86 valence electrons. The van der Waals surface area contributed by atoms with Crippen LogP contribution in [0.25, 0.3) is 6.08 Å². The van der Waals surface area contributed by atoms with Crippen LogP contribution in [0.15, 0.2) is 30.3 Å². The second-order valence-corrected chi connectivity index (χ2v) is 5.36. The van der Waals surface area contributed by atoms with Crippen LogP contribution >= 0.6 is 0 Å². The first-order chi connectivity index (χ1) is 7.32. The summed E-state index contributed by atoms with van der Waals surface area (Å²) in [6.07, 6.45) is 3.03. The Balaban J connectivity index is 2.70. The topological polar surface area (TPSA) is 106 Å². The van der Waals surface area contributed by atoms with Gasteiger partial charge in [0.05, 0.1) is 0 Å². The van der Waals surface area contributed by atoms with Gasteiger partial charge >= 0.3 is 0 Å². The Kier molecular flexibility index (Phi) is 2.39. The van der Waals surface area contributed by atoms with E-state index in [1.54, 1.807) is 30.3 Å². The largest absolute Gasteiger partial charge is 0.309 e. The molecule has 1 unspecified atom stereocenters. The Morgan fingerprint density at radius 2 is 1.88 bits per heavy atom. The molecule has 6 heteroatoms. The summed E-state index contributed by atoms with van der Waals surface area (Å²) in [6.45, 7) is 0. The zero-order chi connectivity index (χ0) is 12.0. The van der Waals surface area contributed by atoms with E-state index in [0.29, 0.717) is 11.1 Å². The summed E-state index contributed by atoms with van der Waals surface area (Å²) in [7, 11) is -4.35. The molecule has 0 bridgehead atoms. The molecule has 1 aromatic carbocycles. The molecule has 5 nitrogen and oxygen atoms in total. The van der Waals surface area contributed by atoms with Gasteiger partial charge in [-0.05, 0) is 17.2 Å². The van der Waals surface area contributed by atoms with Crippen LogP contribution < -0.4 is 11.5 Å². The summed E-state index contributed by atoms with van der Waals surface area (Å²) in [4.78, 5) is 0. The average Bonchev–Trinajstić information content (AvgIpc) is 2.14. The molecule has 1 aromatic rings. The number of fused-ring (bicyclic) bond motifs is 1. The maximum absolute atomic E-state index is 11.3. The highest BCUT2D eigenvalue weighted by Crippen LogP contribution is 2.36. The van der Waals surface area contributed by atoms with Crippen molar-refractivity contribution in [3.63, 3.8) is 0 Å². The van der Waals surface area contributed by atoms with E-state index in [1.165, 1.54) is 6.08 Å². The van der Waals surface area contributed by atoms with E-state index < -0.39 is 21.0 Å². The SMILES string of the molecule is NC1(N)C=Cc2ccccc2C1S(=O)(=O)O. The highest BCUT2D eigenvalue weighted by molar-refractivity contribution is 7.86. The van der Waals surface area contributed by atoms with Crippen LogP contribution in [0.4, 0.5) is 0 Å². The third-order valence-corrected chi connectivity index (χ3v) is 3.84. The number of hydrogen-bond acceptors (Lipinski definition) is 4. The summed E-state index contributed by atoms with van der Waals surface area (Å²) >= 11 is 0. The molecule has 0 aliphatic heterocycles. The molecular weight excluding hydrogens is 228 g/mol. The van der Waals surface area contributed by atoms with Gasteiger partial charge in [0.2, 0.25) is 0 Å². The second kappa shape index (κ2) is 3.39. The van der Waals surface area contributed by atoms with Gasteiger partial charge in [0.25, 0.3) is 10.1 Å². The number of nitrogens with two attached hydrogens (primary N) is 2. The van der Waals surface area contributed by atoms with Gasteiger partial charge < -0.3 is 11.5 Å². The molecule has 16 heavy (non-hydrogen) atoms. The van der Waals surface area contributed by atoms with Crippen molar-refractivity contribution >= 4 is 16.2 Å². The molecule has 1 aliphatic rings. The predicted molar refractivity (Wildman–Crippen MR) is 60.9 cm³/mol. The van der Waals surface area contributed by atoms with Crippen LogP contribution in [0, 0.1) is 0 Å². The number of rotatable bonds is 1. The van der Waals surface area contributed by atoms with Crippen molar-refractivity contribution in [3.05, 3.63) is 41.5 Å². The summed E-state index contributed by atoms with van der Waals surface area (Å²) in [6, 6.07) is 6.77. The summed E-state index contributed by atoms with van der Waals surface area (Å²) in [5.74, 6) is 0. The lowest BCUT2D eigenvalue weighted by Crippen LogP contribution is -2.56. The standard InChI is InChI=1S/C10H12N2O3S/c11-10(12)6-5-7-3-1-2-4-8(7)9(10)16(13,14)15/h1-6,9H,11-12H2,(H,13,14,15). The minimum atomic E-state index is -4.35.